The Labute approximate surface area is 133 Å². The van der Waals surface area contributed by atoms with Crippen LogP contribution in [0.15, 0.2) is 12.1 Å². The van der Waals surface area contributed by atoms with Gasteiger partial charge in [0.25, 0.3) is 5.91 Å². The minimum atomic E-state index is -0.152. The van der Waals surface area contributed by atoms with E-state index in [4.69, 9.17) is 14.2 Å². The number of carbonyl (C=O) groups is 1. The molecule has 1 N–H and O–H groups in total. The van der Waals surface area contributed by atoms with Crippen LogP contribution in [0.1, 0.15) is 23.7 Å². The summed E-state index contributed by atoms with van der Waals surface area (Å²) < 4.78 is 16.7. The quantitative estimate of drug-likeness (QED) is 0.545. The summed E-state index contributed by atoms with van der Waals surface area (Å²) in [6.07, 6.45) is 0.915. The van der Waals surface area contributed by atoms with Gasteiger partial charge in [0.1, 0.15) is 0 Å². The monoisotopic (exact) mass is 393 g/mol. The molecule has 6 heteroatoms. The molecule has 1 aromatic rings. The lowest BCUT2D eigenvalue weighted by atomic mass is 10.2. The summed E-state index contributed by atoms with van der Waals surface area (Å²) in [5.41, 5.74) is 0.547. The van der Waals surface area contributed by atoms with Crippen molar-refractivity contribution in [1.82, 2.24) is 5.32 Å². The second kappa shape index (κ2) is 9.02. The maximum absolute atomic E-state index is 12.0. The van der Waals surface area contributed by atoms with Crippen LogP contribution in [0.5, 0.6) is 11.5 Å². The molecular formula is C14H20INO4. The lowest BCUT2D eigenvalue weighted by molar-refractivity contribution is 0.0936. The standard InChI is InChI=1S/C14H20INO4/c1-4-6-20-13-11(15)8-10(9-12(13)19-3)14(17)16-5-7-18-2/h8-9H,4-7H2,1-3H3,(H,16,17). The topological polar surface area (TPSA) is 56.8 Å². The van der Waals surface area contributed by atoms with Gasteiger partial charge in [-0.15, -0.1) is 0 Å². The van der Waals surface area contributed by atoms with Gasteiger partial charge in [-0.25, -0.2) is 0 Å². The van der Waals surface area contributed by atoms with Crippen LogP contribution >= 0.6 is 22.6 Å². The van der Waals surface area contributed by atoms with Crippen molar-refractivity contribution in [3.05, 3.63) is 21.3 Å². The minimum absolute atomic E-state index is 0.152. The number of nitrogens with one attached hydrogen (secondary N) is 1. The maximum Gasteiger partial charge on any atom is 0.251 e. The van der Waals surface area contributed by atoms with Gasteiger partial charge in [-0.3, -0.25) is 4.79 Å². The molecule has 20 heavy (non-hydrogen) atoms. The molecule has 112 valence electrons. The first kappa shape index (κ1) is 17.0. The molecule has 0 saturated carbocycles. The molecule has 0 aliphatic rings. The molecule has 0 radical (unpaired) electrons. The highest BCUT2D eigenvalue weighted by Crippen LogP contribution is 2.34. The summed E-state index contributed by atoms with van der Waals surface area (Å²) >= 11 is 2.14. The summed E-state index contributed by atoms with van der Waals surface area (Å²) in [7, 11) is 3.16. The number of carbonyl (C=O) groups excluding carboxylic acids is 1. The fourth-order valence-corrected chi connectivity index (χ4v) is 2.32. The van der Waals surface area contributed by atoms with Gasteiger partial charge in [-0.2, -0.15) is 0 Å². The highest BCUT2D eigenvalue weighted by atomic mass is 127. The van der Waals surface area contributed by atoms with Gasteiger partial charge >= 0.3 is 0 Å². The van der Waals surface area contributed by atoms with E-state index in [1.54, 1.807) is 26.4 Å². The predicted octanol–water partition coefficient (Wildman–Crippen LogP) is 2.46. The lowest BCUT2D eigenvalue weighted by Gasteiger charge is -2.14. The molecule has 0 aliphatic heterocycles. The number of hydrogen-bond acceptors (Lipinski definition) is 4. The molecule has 0 bridgehead atoms. The molecule has 0 heterocycles. The summed E-state index contributed by atoms with van der Waals surface area (Å²) in [4.78, 5) is 12.0. The van der Waals surface area contributed by atoms with E-state index in [0.29, 0.717) is 36.8 Å². The number of hydrogen-bond donors (Lipinski definition) is 1. The zero-order valence-electron chi connectivity index (χ0n) is 12.0. The van der Waals surface area contributed by atoms with Gasteiger partial charge in [-0.05, 0) is 41.1 Å². The Balaban J connectivity index is 2.89. The smallest absolute Gasteiger partial charge is 0.251 e. The second-order valence-corrected chi connectivity index (χ2v) is 5.25. The van der Waals surface area contributed by atoms with Crippen LogP contribution in [0, 0.1) is 3.57 Å². The van der Waals surface area contributed by atoms with Crippen LogP contribution in [-0.4, -0.2) is 39.9 Å². The van der Waals surface area contributed by atoms with Gasteiger partial charge in [0.2, 0.25) is 0 Å². The first-order valence-electron chi connectivity index (χ1n) is 6.41. The van der Waals surface area contributed by atoms with E-state index in [1.165, 1.54) is 0 Å². The molecule has 0 aromatic heterocycles. The van der Waals surface area contributed by atoms with Gasteiger partial charge < -0.3 is 19.5 Å². The second-order valence-electron chi connectivity index (χ2n) is 4.09. The van der Waals surface area contributed by atoms with Gasteiger partial charge in [-0.1, -0.05) is 6.92 Å². The van der Waals surface area contributed by atoms with Gasteiger partial charge in [0.15, 0.2) is 11.5 Å². The number of amides is 1. The van der Waals surface area contributed by atoms with Crippen molar-refractivity contribution in [2.45, 2.75) is 13.3 Å². The average molecular weight is 393 g/mol. The van der Waals surface area contributed by atoms with Gasteiger partial charge in [0.05, 0.1) is 23.9 Å². The van der Waals surface area contributed by atoms with Crippen LogP contribution in [-0.2, 0) is 4.74 Å². The first-order valence-corrected chi connectivity index (χ1v) is 7.49. The van der Waals surface area contributed by atoms with Crippen molar-refractivity contribution in [3.63, 3.8) is 0 Å². The Kier molecular flexibility index (Phi) is 7.68. The third kappa shape index (κ3) is 4.82. The number of ether oxygens (including phenoxy) is 3. The maximum atomic E-state index is 12.0. The number of benzene rings is 1. The van der Waals surface area contributed by atoms with Crippen molar-refractivity contribution in [2.75, 3.05) is 34.0 Å². The van der Waals surface area contributed by atoms with Crippen molar-refractivity contribution in [2.24, 2.45) is 0 Å². The van der Waals surface area contributed by atoms with Crippen molar-refractivity contribution < 1.29 is 19.0 Å². The van der Waals surface area contributed by atoms with Crippen LogP contribution in [0.25, 0.3) is 0 Å². The van der Waals surface area contributed by atoms with Crippen molar-refractivity contribution >= 4 is 28.5 Å². The van der Waals surface area contributed by atoms with E-state index in [-0.39, 0.29) is 5.91 Å². The zero-order valence-corrected chi connectivity index (χ0v) is 14.2. The Bertz CT molecular complexity index is 451. The molecule has 1 rings (SSSR count). The summed E-state index contributed by atoms with van der Waals surface area (Å²) in [6.45, 7) is 3.61. The van der Waals surface area contributed by atoms with Gasteiger partial charge in [0, 0.05) is 19.2 Å². The third-order valence-electron chi connectivity index (χ3n) is 2.53. The zero-order chi connectivity index (χ0) is 15.0. The van der Waals surface area contributed by atoms with Crippen LogP contribution in [0.3, 0.4) is 0 Å². The Morgan fingerprint density at radius 2 is 2.05 bits per heavy atom. The van der Waals surface area contributed by atoms with Crippen LogP contribution in [0.2, 0.25) is 0 Å². The fraction of sp³-hybridized carbons (Fsp3) is 0.500. The first-order chi connectivity index (χ1) is 9.63. The molecule has 0 spiro atoms. The Morgan fingerprint density at radius 1 is 1.30 bits per heavy atom. The van der Waals surface area contributed by atoms with Crippen molar-refractivity contribution in [3.8, 4) is 11.5 Å². The molecular weight excluding hydrogens is 373 g/mol. The molecule has 1 amide bonds. The van der Waals surface area contributed by atoms with Crippen molar-refractivity contribution in [1.29, 1.82) is 0 Å². The number of methoxy groups -OCH3 is 2. The molecule has 0 fully saturated rings. The van der Waals surface area contributed by atoms with E-state index in [0.717, 1.165) is 9.99 Å². The highest BCUT2D eigenvalue weighted by molar-refractivity contribution is 14.1. The molecule has 0 atom stereocenters. The summed E-state index contributed by atoms with van der Waals surface area (Å²) in [6, 6.07) is 3.48. The molecule has 5 nitrogen and oxygen atoms in total. The van der Waals surface area contributed by atoms with Crippen LogP contribution in [0.4, 0.5) is 0 Å². The minimum Gasteiger partial charge on any atom is -0.493 e. The summed E-state index contributed by atoms with van der Waals surface area (Å²) in [5, 5.41) is 2.78. The average Bonchev–Trinajstić information content (AvgIpc) is 2.45. The molecule has 0 unspecified atom stereocenters. The Morgan fingerprint density at radius 3 is 2.65 bits per heavy atom. The fourth-order valence-electron chi connectivity index (χ4n) is 1.56. The van der Waals surface area contributed by atoms with E-state index in [2.05, 4.69) is 27.9 Å². The van der Waals surface area contributed by atoms with E-state index < -0.39 is 0 Å². The van der Waals surface area contributed by atoms with Crippen LogP contribution < -0.4 is 14.8 Å². The predicted molar refractivity (Wildman–Crippen MR) is 85.7 cm³/mol. The molecule has 0 saturated heterocycles. The number of rotatable bonds is 8. The highest BCUT2D eigenvalue weighted by Gasteiger charge is 2.15. The van der Waals surface area contributed by atoms with E-state index in [9.17, 15) is 4.79 Å². The molecule has 1 aromatic carbocycles. The summed E-state index contributed by atoms with van der Waals surface area (Å²) in [5.74, 6) is 1.10. The van der Waals surface area contributed by atoms with E-state index >= 15 is 0 Å². The lowest BCUT2D eigenvalue weighted by Crippen LogP contribution is -2.27. The van der Waals surface area contributed by atoms with E-state index in [1.807, 2.05) is 6.92 Å². The largest absolute Gasteiger partial charge is 0.493 e. The SMILES string of the molecule is CCCOc1c(I)cc(C(=O)NCCOC)cc1OC. The number of halogens is 1. The Hall–Kier alpha value is -1.02. The normalized spacial score (nSPS) is 10.2. The third-order valence-corrected chi connectivity index (χ3v) is 3.34. The molecule has 0 aliphatic carbocycles.